The summed E-state index contributed by atoms with van der Waals surface area (Å²) in [5.74, 6) is -1.01. The van der Waals surface area contributed by atoms with E-state index in [2.05, 4.69) is 5.32 Å². The third kappa shape index (κ3) is 4.01. The molecule has 0 saturated carbocycles. The maximum absolute atomic E-state index is 12.7. The normalized spacial score (nSPS) is 17.9. The Morgan fingerprint density at radius 2 is 1.90 bits per heavy atom. The van der Waals surface area contributed by atoms with Crippen LogP contribution in [0.3, 0.4) is 0 Å². The molecule has 1 fully saturated rings. The van der Waals surface area contributed by atoms with Crippen LogP contribution in [0.4, 0.5) is 11.4 Å². The van der Waals surface area contributed by atoms with E-state index in [4.69, 9.17) is 21.1 Å². The van der Waals surface area contributed by atoms with Crippen molar-refractivity contribution in [2.45, 2.75) is 6.92 Å². The Bertz CT molecular complexity index is 1090. The highest BCUT2D eigenvalue weighted by Crippen LogP contribution is 2.33. The number of anilines is 2. The van der Waals surface area contributed by atoms with Crippen molar-refractivity contribution in [3.63, 3.8) is 0 Å². The molecular weight excluding hydrogens is 420 g/mol. The maximum Gasteiger partial charge on any atom is 0.257 e. The number of halogens is 1. The van der Waals surface area contributed by atoms with Crippen LogP contribution in [0.2, 0.25) is 5.02 Å². The van der Waals surface area contributed by atoms with Crippen LogP contribution in [-0.4, -0.2) is 40.2 Å². The summed E-state index contributed by atoms with van der Waals surface area (Å²) in [5, 5.41) is 2.69. The SMILES string of the molecule is COc1ccc(OC)c(NC(=O)c2ccc(N3C(=O)[C@@H](C)CS3(=O)=O)cc2Cl)c1. The molecule has 2 aromatic carbocycles. The number of nitrogens with zero attached hydrogens (tertiary/aromatic N) is 1. The molecule has 1 atom stereocenters. The lowest BCUT2D eigenvalue weighted by Crippen LogP contribution is -2.30. The molecule has 154 valence electrons. The summed E-state index contributed by atoms with van der Waals surface area (Å²) in [7, 11) is -0.796. The van der Waals surface area contributed by atoms with Crippen molar-refractivity contribution in [1.29, 1.82) is 0 Å². The fourth-order valence-electron chi connectivity index (χ4n) is 3.00. The van der Waals surface area contributed by atoms with E-state index in [1.165, 1.54) is 32.4 Å². The molecule has 0 aliphatic carbocycles. The molecule has 1 aliphatic heterocycles. The average molecular weight is 439 g/mol. The predicted octanol–water partition coefficient (Wildman–Crippen LogP) is 2.92. The van der Waals surface area contributed by atoms with Gasteiger partial charge in [-0.05, 0) is 30.3 Å². The molecule has 0 radical (unpaired) electrons. The number of amides is 2. The van der Waals surface area contributed by atoms with Gasteiger partial charge < -0.3 is 14.8 Å². The van der Waals surface area contributed by atoms with Gasteiger partial charge in [-0.3, -0.25) is 9.59 Å². The summed E-state index contributed by atoms with van der Waals surface area (Å²) in [6.07, 6.45) is 0. The topological polar surface area (TPSA) is 102 Å². The summed E-state index contributed by atoms with van der Waals surface area (Å²) in [5.41, 5.74) is 0.584. The van der Waals surface area contributed by atoms with Crippen LogP contribution in [0, 0.1) is 5.92 Å². The lowest BCUT2D eigenvalue weighted by Gasteiger charge is -2.17. The van der Waals surface area contributed by atoms with E-state index in [0.717, 1.165) is 4.31 Å². The first-order valence-corrected chi connectivity index (χ1v) is 10.6. The minimum atomic E-state index is -3.76. The molecule has 29 heavy (non-hydrogen) atoms. The summed E-state index contributed by atoms with van der Waals surface area (Å²) in [4.78, 5) is 24.9. The second-order valence-electron chi connectivity index (χ2n) is 6.47. The van der Waals surface area contributed by atoms with E-state index in [0.29, 0.717) is 17.2 Å². The molecule has 8 nitrogen and oxygen atoms in total. The molecule has 0 bridgehead atoms. The molecule has 1 N–H and O–H groups in total. The Hall–Kier alpha value is -2.78. The highest BCUT2D eigenvalue weighted by Gasteiger charge is 2.42. The second kappa shape index (κ2) is 7.92. The van der Waals surface area contributed by atoms with Crippen LogP contribution in [0.15, 0.2) is 36.4 Å². The molecule has 0 spiro atoms. The highest BCUT2D eigenvalue weighted by molar-refractivity contribution is 7.94. The molecule has 2 aromatic rings. The number of ether oxygens (including phenoxy) is 2. The number of carbonyl (C=O) groups is 2. The van der Waals surface area contributed by atoms with Gasteiger partial charge in [0.25, 0.3) is 5.91 Å². The average Bonchev–Trinajstić information content (AvgIpc) is 2.88. The van der Waals surface area contributed by atoms with Crippen molar-refractivity contribution in [3.8, 4) is 11.5 Å². The van der Waals surface area contributed by atoms with E-state index in [-0.39, 0.29) is 22.0 Å². The van der Waals surface area contributed by atoms with Crippen molar-refractivity contribution in [3.05, 3.63) is 47.0 Å². The number of nitrogens with one attached hydrogen (secondary N) is 1. The van der Waals surface area contributed by atoms with Gasteiger partial charge in [-0.15, -0.1) is 0 Å². The molecule has 10 heteroatoms. The van der Waals surface area contributed by atoms with Gasteiger partial charge >= 0.3 is 0 Å². The first kappa shape index (κ1) is 20.9. The Labute approximate surface area is 173 Å². The van der Waals surface area contributed by atoms with E-state index in [1.807, 2.05) is 0 Å². The maximum atomic E-state index is 12.7. The number of hydrogen-bond acceptors (Lipinski definition) is 6. The summed E-state index contributed by atoms with van der Waals surface area (Å²) in [6.45, 7) is 1.55. The largest absolute Gasteiger partial charge is 0.497 e. The zero-order valence-corrected chi connectivity index (χ0v) is 17.5. The third-order valence-electron chi connectivity index (χ3n) is 4.45. The van der Waals surface area contributed by atoms with Crippen LogP contribution in [0.25, 0.3) is 0 Å². The Morgan fingerprint density at radius 3 is 2.45 bits per heavy atom. The molecule has 2 amide bonds. The summed E-state index contributed by atoms with van der Waals surface area (Å²) in [6, 6.07) is 8.94. The van der Waals surface area contributed by atoms with Crippen molar-refractivity contribution in [2.75, 3.05) is 29.6 Å². The summed E-state index contributed by atoms with van der Waals surface area (Å²) >= 11 is 6.23. The third-order valence-corrected chi connectivity index (χ3v) is 6.63. The number of hydrogen-bond donors (Lipinski definition) is 1. The van der Waals surface area contributed by atoms with Gasteiger partial charge in [-0.1, -0.05) is 18.5 Å². The van der Waals surface area contributed by atoms with Crippen molar-refractivity contribution in [2.24, 2.45) is 5.92 Å². The summed E-state index contributed by atoms with van der Waals surface area (Å²) < 4.78 is 35.6. The highest BCUT2D eigenvalue weighted by atomic mass is 35.5. The fourth-order valence-corrected chi connectivity index (χ4v) is 5.08. The molecule has 1 saturated heterocycles. The lowest BCUT2D eigenvalue weighted by atomic mass is 10.1. The number of carbonyl (C=O) groups excluding carboxylic acids is 2. The van der Waals surface area contributed by atoms with Crippen LogP contribution in [0.1, 0.15) is 17.3 Å². The van der Waals surface area contributed by atoms with Crippen LogP contribution in [-0.2, 0) is 14.8 Å². The predicted molar refractivity (Wildman–Crippen MR) is 109 cm³/mol. The minimum absolute atomic E-state index is 0.00409. The van der Waals surface area contributed by atoms with Crippen molar-refractivity contribution < 1.29 is 27.5 Å². The molecule has 0 aromatic heterocycles. The Morgan fingerprint density at radius 1 is 1.17 bits per heavy atom. The van der Waals surface area contributed by atoms with Crippen LogP contribution in [0.5, 0.6) is 11.5 Å². The Kier molecular flexibility index (Phi) is 5.72. The van der Waals surface area contributed by atoms with E-state index in [9.17, 15) is 18.0 Å². The van der Waals surface area contributed by atoms with Gasteiger partial charge in [0.15, 0.2) is 0 Å². The van der Waals surface area contributed by atoms with Crippen molar-refractivity contribution in [1.82, 2.24) is 0 Å². The second-order valence-corrected chi connectivity index (χ2v) is 8.74. The van der Waals surface area contributed by atoms with E-state index >= 15 is 0 Å². The van der Waals surface area contributed by atoms with Gasteiger partial charge in [0.1, 0.15) is 11.5 Å². The molecule has 0 unspecified atom stereocenters. The smallest absolute Gasteiger partial charge is 0.257 e. The van der Waals surface area contributed by atoms with Gasteiger partial charge in [-0.2, -0.15) is 0 Å². The monoisotopic (exact) mass is 438 g/mol. The van der Waals surface area contributed by atoms with Crippen LogP contribution >= 0.6 is 11.6 Å². The van der Waals surface area contributed by atoms with Gasteiger partial charge in [0, 0.05) is 6.07 Å². The number of methoxy groups -OCH3 is 2. The Balaban J connectivity index is 1.90. The van der Waals surface area contributed by atoms with Gasteiger partial charge in [-0.25, -0.2) is 12.7 Å². The first-order valence-electron chi connectivity index (χ1n) is 8.57. The molecule has 3 rings (SSSR count). The lowest BCUT2D eigenvalue weighted by molar-refractivity contribution is -0.119. The van der Waals surface area contributed by atoms with Crippen LogP contribution < -0.4 is 19.1 Å². The minimum Gasteiger partial charge on any atom is -0.497 e. The van der Waals surface area contributed by atoms with E-state index in [1.54, 1.807) is 25.1 Å². The van der Waals surface area contributed by atoms with Crippen molar-refractivity contribution >= 4 is 44.8 Å². The molecule has 1 aliphatic rings. The zero-order chi connectivity index (χ0) is 21.3. The fraction of sp³-hybridized carbons (Fsp3) is 0.263. The zero-order valence-electron chi connectivity index (χ0n) is 15.9. The quantitative estimate of drug-likeness (QED) is 0.770. The molecular formula is C19H19ClN2O6S. The number of benzene rings is 2. The molecule has 1 heterocycles. The van der Waals surface area contributed by atoms with Gasteiger partial charge in [0.2, 0.25) is 15.9 Å². The van der Waals surface area contributed by atoms with Gasteiger partial charge in [0.05, 0.1) is 47.9 Å². The van der Waals surface area contributed by atoms with E-state index < -0.39 is 27.8 Å². The first-order chi connectivity index (χ1) is 13.7. The standard InChI is InChI=1S/C19H19ClN2O6S/c1-11-10-29(25,26)22(19(11)24)12-4-6-14(15(20)8-12)18(23)21-16-9-13(27-2)5-7-17(16)28-3/h4-9,11H,10H2,1-3H3,(H,21,23)/t11-/m0/s1. The number of rotatable bonds is 5. The number of sulfonamides is 1.